The molecule has 0 saturated carbocycles. The number of aryl methyl sites for hydroxylation is 2. The number of nitrogens with one attached hydrogen (secondary N) is 2. The molecule has 0 spiro atoms. The number of hydrogen-bond donors (Lipinski definition) is 2. The molecular weight excluding hydrogens is 212 g/mol. The maximum absolute atomic E-state index is 11.9. The van der Waals surface area contributed by atoms with Crippen LogP contribution >= 0.6 is 0 Å². The van der Waals surface area contributed by atoms with Gasteiger partial charge >= 0.3 is 0 Å². The first kappa shape index (κ1) is 12.1. The quantitative estimate of drug-likeness (QED) is 0.839. The Bertz CT molecular complexity index is 409. The van der Waals surface area contributed by atoms with Gasteiger partial charge in [0, 0.05) is 5.69 Å². The third kappa shape index (κ3) is 2.86. The number of rotatable bonds is 3. The Hall–Kier alpha value is -1.35. The van der Waals surface area contributed by atoms with Crippen LogP contribution in [0.1, 0.15) is 30.9 Å². The van der Waals surface area contributed by atoms with E-state index in [4.69, 9.17) is 0 Å². The van der Waals surface area contributed by atoms with E-state index in [2.05, 4.69) is 36.6 Å². The van der Waals surface area contributed by atoms with Crippen molar-refractivity contribution in [3.63, 3.8) is 0 Å². The summed E-state index contributed by atoms with van der Waals surface area (Å²) in [5.74, 6) is 0.0911. The summed E-state index contributed by atoms with van der Waals surface area (Å²) in [7, 11) is 0. The second-order valence-corrected chi connectivity index (χ2v) is 4.63. The molecule has 1 heterocycles. The molecular formula is C14H20N2O. The summed E-state index contributed by atoms with van der Waals surface area (Å²) in [6.07, 6.45) is 3.03. The SMILES string of the molecule is CCc1cc(NC(=O)[C@@H]2CCCN2)ccc1C. The molecule has 1 aromatic rings. The molecule has 1 saturated heterocycles. The molecule has 92 valence electrons. The van der Waals surface area contributed by atoms with Crippen LogP contribution in [0.25, 0.3) is 0 Å². The van der Waals surface area contributed by atoms with E-state index in [-0.39, 0.29) is 11.9 Å². The van der Waals surface area contributed by atoms with Gasteiger partial charge in [0.1, 0.15) is 0 Å². The normalized spacial score (nSPS) is 19.3. The first-order valence-electron chi connectivity index (χ1n) is 6.34. The zero-order valence-electron chi connectivity index (χ0n) is 10.5. The number of carbonyl (C=O) groups is 1. The van der Waals surface area contributed by atoms with Crippen LogP contribution in [-0.2, 0) is 11.2 Å². The first-order chi connectivity index (χ1) is 8.20. The van der Waals surface area contributed by atoms with E-state index in [1.807, 2.05) is 6.07 Å². The maximum atomic E-state index is 11.9. The molecule has 0 unspecified atom stereocenters. The Kier molecular flexibility index (Phi) is 3.79. The minimum atomic E-state index is -0.0126. The number of carbonyl (C=O) groups excluding carboxylic acids is 1. The van der Waals surface area contributed by atoms with Crippen molar-refractivity contribution < 1.29 is 4.79 Å². The molecule has 0 radical (unpaired) electrons. The molecule has 1 aromatic carbocycles. The molecule has 2 N–H and O–H groups in total. The number of hydrogen-bond acceptors (Lipinski definition) is 2. The molecule has 0 bridgehead atoms. The molecule has 1 atom stereocenters. The Balaban J connectivity index is 2.05. The van der Waals surface area contributed by atoms with Crippen molar-refractivity contribution in [3.05, 3.63) is 29.3 Å². The highest BCUT2D eigenvalue weighted by Gasteiger charge is 2.21. The topological polar surface area (TPSA) is 41.1 Å². The minimum absolute atomic E-state index is 0.0126. The van der Waals surface area contributed by atoms with E-state index in [1.165, 1.54) is 11.1 Å². The van der Waals surface area contributed by atoms with Gasteiger partial charge in [-0.25, -0.2) is 0 Å². The average Bonchev–Trinajstić information content (AvgIpc) is 2.85. The third-order valence-electron chi connectivity index (χ3n) is 3.37. The van der Waals surface area contributed by atoms with Gasteiger partial charge in [0.15, 0.2) is 0 Å². The maximum Gasteiger partial charge on any atom is 0.241 e. The first-order valence-corrected chi connectivity index (χ1v) is 6.34. The van der Waals surface area contributed by atoms with Crippen LogP contribution in [0.2, 0.25) is 0 Å². The molecule has 1 amide bonds. The fraction of sp³-hybridized carbons (Fsp3) is 0.500. The molecule has 17 heavy (non-hydrogen) atoms. The van der Waals surface area contributed by atoms with Gasteiger partial charge in [0.2, 0.25) is 5.91 Å². The Labute approximate surface area is 103 Å². The largest absolute Gasteiger partial charge is 0.325 e. The minimum Gasteiger partial charge on any atom is -0.325 e. The standard InChI is InChI=1S/C14H20N2O/c1-3-11-9-12(7-6-10(11)2)16-14(17)13-5-4-8-15-13/h6-7,9,13,15H,3-5,8H2,1-2H3,(H,16,17)/t13-/m0/s1. The Morgan fingerprint density at radius 2 is 2.35 bits per heavy atom. The summed E-state index contributed by atoms with van der Waals surface area (Å²) in [6.45, 7) is 5.18. The van der Waals surface area contributed by atoms with E-state index < -0.39 is 0 Å². The fourth-order valence-electron chi connectivity index (χ4n) is 2.27. The van der Waals surface area contributed by atoms with Crippen LogP contribution in [0.15, 0.2) is 18.2 Å². The summed E-state index contributed by atoms with van der Waals surface area (Å²) in [4.78, 5) is 11.9. The summed E-state index contributed by atoms with van der Waals surface area (Å²) < 4.78 is 0. The van der Waals surface area contributed by atoms with Gasteiger partial charge < -0.3 is 10.6 Å². The highest BCUT2D eigenvalue weighted by Crippen LogP contribution is 2.17. The fourth-order valence-corrected chi connectivity index (χ4v) is 2.27. The lowest BCUT2D eigenvalue weighted by atomic mass is 10.1. The molecule has 3 heteroatoms. The van der Waals surface area contributed by atoms with E-state index in [0.29, 0.717) is 0 Å². The van der Waals surface area contributed by atoms with Crippen LogP contribution in [0.5, 0.6) is 0 Å². The predicted octanol–water partition coefficient (Wildman–Crippen LogP) is 2.25. The molecule has 1 aliphatic rings. The molecule has 1 aliphatic heterocycles. The van der Waals surface area contributed by atoms with Crippen LogP contribution in [0.3, 0.4) is 0 Å². The highest BCUT2D eigenvalue weighted by molar-refractivity contribution is 5.95. The van der Waals surface area contributed by atoms with Gasteiger partial charge in [0.25, 0.3) is 0 Å². The second-order valence-electron chi connectivity index (χ2n) is 4.63. The molecule has 0 aromatic heterocycles. The van der Waals surface area contributed by atoms with Gasteiger partial charge in [-0.15, -0.1) is 0 Å². The number of amides is 1. The van der Waals surface area contributed by atoms with Crippen molar-refractivity contribution >= 4 is 11.6 Å². The van der Waals surface area contributed by atoms with Gasteiger partial charge in [-0.05, 0) is 56.0 Å². The van der Waals surface area contributed by atoms with Crippen LogP contribution in [-0.4, -0.2) is 18.5 Å². The van der Waals surface area contributed by atoms with Crippen molar-refractivity contribution in [2.75, 3.05) is 11.9 Å². The lowest BCUT2D eigenvalue weighted by Gasteiger charge is -2.12. The van der Waals surface area contributed by atoms with Crippen LogP contribution < -0.4 is 10.6 Å². The Morgan fingerprint density at radius 1 is 1.53 bits per heavy atom. The van der Waals surface area contributed by atoms with Crippen LogP contribution in [0.4, 0.5) is 5.69 Å². The van der Waals surface area contributed by atoms with E-state index in [1.54, 1.807) is 0 Å². The summed E-state index contributed by atoms with van der Waals surface area (Å²) in [6, 6.07) is 6.10. The second kappa shape index (κ2) is 5.32. The predicted molar refractivity (Wildman–Crippen MR) is 70.2 cm³/mol. The van der Waals surface area contributed by atoms with Gasteiger partial charge in [-0.3, -0.25) is 4.79 Å². The monoisotopic (exact) mass is 232 g/mol. The average molecular weight is 232 g/mol. The van der Waals surface area contributed by atoms with E-state index >= 15 is 0 Å². The highest BCUT2D eigenvalue weighted by atomic mass is 16.2. The van der Waals surface area contributed by atoms with Gasteiger partial charge in [-0.1, -0.05) is 13.0 Å². The molecule has 1 fully saturated rings. The summed E-state index contributed by atoms with van der Waals surface area (Å²) in [5.41, 5.74) is 3.48. The number of anilines is 1. The number of benzene rings is 1. The zero-order chi connectivity index (χ0) is 12.3. The van der Waals surface area contributed by atoms with Crippen molar-refractivity contribution in [2.45, 2.75) is 39.2 Å². The smallest absolute Gasteiger partial charge is 0.241 e. The van der Waals surface area contributed by atoms with Gasteiger partial charge in [0.05, 0.1) is 6.04 Å². The molecule has 0 aliphatic carbocycles. The molecule has 3 nitrogen and oxygen atoms in total. The van der Waals surface area contributed by atoms with E-state index in [9.17, 15) is 4.79 Å². The molecule has 2 rings (SSSR count). The zero-order valence-corrected chi connectivity index (χ0v) is 10.5. The van der Waals surface area contributed by atoms with Crippen molar-refractivity contribution in [2.24, 2.45) is 0 Å². The summed E-state index contributed by atoms with van der Waals surface area (Å²) >= 11 is 0. The summed E-state index contributed by atoms with van der Waals surface area (Å²) in [5, 5.41) is 6.19. The van der Waals surface area contributed by atoms with Gasteiger partial charge in [-0.2, -0.15) is 0 Å². The lowest BCUT2D eigenvalue weighted by molar-refractivity contribution is -0.117. The third-order valence-corrected chi connectivity index (χ3v) is 3.37. The lowest BCUT2D eigenvalue weighted by Crippen LogP contribution is -2.35. The van der Waals surface area contributed by atoms with Crippen molar-refractivity contribution in [1.82, 2.24) is 5.32 Å². The van der Waals surface area contributed by atoms with E-state index in [0.717, 1.165) is 31.5 Å². The van der Waals surface area contributed by atoms with Crippen molar-refractivity contribution in [1.29, 1.82) is 0 Å². The Morgan fingerprint density at radius 3 is 3.00 bits per heavy atom. The van der Waals surface area contributed by atoms with Crippen molar-refractivity contribution in [3.8, 4) is 0 Å². The van der Waals surface area contributed by atoms with Crippen LogP contribution in [0, 0.1) is 6.92 Å².